The van der Waals surface area contributed by atoms with Gasteiger partial charge in [-0.1, -0.05) is 0 Å². The lowest BCUT2D eigenvalue weighted by Crippen LogP contribution is -2.12. The zero-order valence-corrected chi connectivity index (χ0v) is 9.49. The second kappa shape index (κ2) is 4.76. The fraction of sp³-hybridized carbons (Fsp3) is 0.273. The van der Waals surface area contributed by atoms with Gasteiger partial charge in [0, 0.05) is 5.56 Å². The highest BCUT2D eigenvalue weighted by Gasteiger charge is 2.34. The third kappa shape index (κ3) is 2.59. The second-order valence-corrected chi connectivity index (χ2v) is 3.59. The summed E-state index contributed by atoms with van der Waals surface area (Å²) in [7, 11) is 0. The Hall–Kier alpha value is -1.54. The molecule has 17 heavy (non-hydrogen) atoms. The Morgan fingerprint density at radius 1 is 1.47 bits per heavy atom. The minimum atomic E-state index is -4.54. The standard InChI is InChI=1S/C11H7ClF3NO/c1-6-8(5-16)7(10(17)4-12)2-3-9(6)11(13,14)15/h2-3H,4H2,1H3. The molecule has 1 aromatic carbocycles. The highest BCUT2D eigenvalue weighted by atomic mass is 35.5. The van der Waals surface area contributed by atoms with E-state index in [4.69, 9.17) is 16.9 Å². The SMILES string of the molecule is Cc1c(C(F)(F)F)ccc(C(=O)CCl)c1C#N. The molecule has 0 saturated heterocycles. The third-order valence-corrected chi connectivity index (χ3v) is 2.55. The first-order valence-electron chi connectivity index (χ1n) is 4.53. The molecule has 0 heterocycles. The number of nitriles is 1. The Kier molecular flexibility index (Phi) is 3.79. The minimum absolute atomic E-state index is 0.0759. The molecule has 6 heteroatoms. The summed E-state index contributed by atoms with van der Waals surface area (Å²) < 4.78 is 37.7. The normalized spacial score (nSPS) is 11.1. The summed E-state index contributed by atoms with van der Waals surface area (Å²) in [6.07, 6.45) is -4.54. The van der Waals surface area contributed by atoms with E-state index in [0.717, 1.165) is 19.1 Å². The first-order chi connectivity index (χ1) is 7.82. The molecular weight excluding hydrogens is 255 g/mol. The quantitative estimate of drug-likeness (QED) is 0.605. The van der Waals surface area contributed by atoms with E-state index >= 15 is 0 Å². The number of hydrogen-bond acceptors (Lipinski definition) is 2. The number of nitrogens with zero attached hydrogens (tertiary/aromatic N) is 1. The van der Waals surface area contributed by atoms with E-state index in [-0.39, 0.29) is 22.6 Å². The van der Waals surface area contributed by atoms with Gasteiger partial charge in [-0.25, -0.2) is 0 Å². The summed E-state index contributed by atoms with van der Waals surface area (Å²) in [5, 5.41) is 8.82. The summed E-state index contributed by atoms with van der Waals surface area (Å²) in [6.45, 7) is 1.16. The molecule has 0 aliphatic carbocycles. The van der Waals surface area contributed by atoms with Crippen molar-refractivity contribution in [2.24, 2.45) is 0 Å². The average molecular weight is 262 g/mol. The van der Waals surface area contributed by atoms with Gasteiger partial charge in [-0.3, -0.25) is 4.79 Å². The number of alkyl halides is 4. The molecule has 0 fully saturated rings. The van der Waals surface area contributed by atoms with Crippen LogP contribution in [0.3, 0.4) is 0 Å². The van der Waals surface area contributed by atoms with Crippen LogP contribution in [0, 0.1) is 18.3 Å². The lowest BCUT2D eigenvalue weighted by atomic mass is 9.95. The van der Waals surface area contributed by atoms with Gasteiger partial charge in [-0.05, 0) is 24.6 Å². The van der Waals surface area contributed by atoms with Crippen LogP contribution in [0.15, 0.2) is 12.1 Å². The van der Waals surface area contributed by atoms with Crippen molar-refractivity contribution >= 4 is 17.4 Å². The molecule has 0 saturated carbocycles. The predicted molar refractivity (Wildman–Crippen MR) is 55.9 cm³/mol. The molecule has 0 bridgehead atoms. The molecule has 0 N–H and O–H groups in total. The Labute approximate surface area is 101 Å². The average Bonchev–Trinajstić information content (AvgIpc) is 2.25. The molecule has 0 spiro atoms. The number of carbonyl (C=O) groups is 1. The first-order valence-corrected chi connectivity index (χ1v) is 5.06. The van der Waals surface area contributed by atoms with Crippen molar-refractivity contribution in [3.8, 4) is 6.07 Å². The summed E-state index contributed by atoms with van der Waals surface area (Å²) in [6, 6.07) is 3.38. The van der Waals surface area contributed by atoms with Crippen molar-refractivity contribution in [2.75, 3.05) is 5.88 Å². The van der Waals surface area contributed by atoms with Crippen molar-refractivity contribution in [2.45, 2.75) is 13.1 Å². The Balaban J connectivity index is 3.50. The molecule has 0 aromatic heterocycles. The second-order valence-electron chi connectivity index (χ2n) is 3.33. The van der Waals surface area contributed by atoms with Gasteiger partial charge in [0.15, 0.2) is 5.78 Å². The minimum Gasteiger partial charge on any atom is -0.293 e. The Bertz CT molecular complexity index is 503. The smallest absolute Gasteiger partial charge is 0.293 e. The maximum Gasteiger partial charge on any atom is 0.416 e. The van der Waals surface area contributed by atoms with Crippen LogP contribution in [-0.4, -0.2) is 11.7 Å². The van der Waals surface area contributed by atoms with Crippen molar-refractivity contribution in [3.63, 3.8) is 0 Å². The van der Waals surface area contributed by atoms with Crippen molar-refractivity contribution in [3.05, 3.63) is 34.4 Å². The van der Waals surface area contributed by atoms with Crippen LogP contribution < -0.4 is 0 Å². The topological polar surface area (TPSA) is 40.9 Å². The Morgan fingerprint density at radius 2 is 2.06 bits per heavy atom. The van der Waals surface area contributed by atoms with E-state index in [1.54, 1.807) is 6.07 Å². The molecule has 1 rings (SSSR count). The number of carbonyl (C=O) groups excluding carboxylic acids is 1. The molecule has 0 radical (unpaired) electrons. The molecule has 90 valence electrons. The lowest BCUT2D eigenvalue weighted by molar-refractivity contribution is -0.138. The van der Waals surface area contributed by atoms with Crippen LogP contribution in [0.1, 0.15) is 27.0 Å². The molecule has 0 aliphatic rings. The molecule has 0 atom stereocenters. The van der Waals surface area contributed by atoms with Gasteiger partial charge in [0.2, 0.25) is 0 Å². The lowest BCUT2D eigenvalue weighted by Gasteiger charge is -2.13. The van der Waals surface area contributed by atoms with Gasteiger partial charge >= 0.3 is 6.18 Å². The molecule has 0 amide bonds. The van der Waals surface area contributed by atoms with Crippen LogP contribution in [0.25, 0.3) is 0 Å². The van der Waals surface area contributed by atoms with Crippen molar-refractivity contribution in [1.29, 1.82) is 5.26 Å². The molecular formula is C11H7ClF3NO. The summed E-state index contributed by atoms with van der Waals surface area (Å²) >= 11 is 5.32. The Morgan fingerprint density at radius 3 is 2.47 bits per heavy atom. The first kappa shape index (κ1) is 13.5. The predicted octanol–water partition coefficient (Wildman–Crippen LogP) is 3.31. The van der Waals surface area contributed by atoms with Gasteiger partial charge in [-0.15, -0.1) is 11.6 Å². The molecule has 0 unspecified atom stereocenters. The molecule has 2 nitrogen and oxygen atoms in total. The summed E-state index contributed by atoms with van der Waals surface area (Å²) in [5.74, 6) is -0.945. The van der Waals surface area contributed by atoms with E-state index in [1.807, 2.05) is 0 Å². The van der Waals surface area contributed by atoms with E-state index in [1.165, 1.54) is 0 Å². The molecule has 0 aliphatic heterocycles. The summed E-state index contributed by atoms with van der Waals surface area (Å²) in [4.78, 5) is 11.3. The van der Waals surface area contributed by atoms with Crippen molar-refractivity contribution in [1.82, 2.24) is 0 Å². The number of ketones is 1. The van der Waals surface area contributed by atoms with Gasteiger partial charge < -0.3 is 0 Å². The van der Waals surface area contributed by atoms with E-state index in [2.05, 4.69) is 0 Å². The van der Waals surface area contributed by atoms with Crippen molar-refractivity contribution < 1.29 is 18.0 Å². The van der Waals surface area contributed by atoms with Crippen LogP contribution in [0.4, 0.5) is 13.2 Å². The van der Waals surface area contributed by atoms with Gasteiger partial charge in [0.1, 0.15) is 6.07 Å². The number of hydrogen-bond donors (Lipinski definition) is 0. The number of benzene rings is 1. The fourth-order valence-electron chi connectivity index (χ4n) is 1.47. The highest BCUT2D eigenvalue weighted by Crippen LogP contribution is 2.34. The number of rotatable bonds is 2. The molecule has 1 aromatic rings. The third-order valence-electron chi connectivity index (χ3n) is 2.30. The van der Waals surface area contributed by atoms with E-state index in [9.17, 15) is 18.0 Å². The fourth-order valence-corrected chi connectivity index (χ4v) is 1.61. The zero-order chi connectivity index (χ0) is 13.2. The van der Waals surface area contributed by atoms with Gasteiger partial charge in [-0.2, -0.15) is 18.4 Å². The zero-order valence-electron chi connectivity index (χ0n) is 8.73. The van der Waals surface area contributed by atoms with E-state index in [0.29, 0.717) is 0 Å². The summed E-state index contributed by atoms with van der Waals surface area (Å²) in [5.41, 5.74) is -1.52. The largest absolute Gasteiger partial charge is 0.416 e. The monoisotopic (exact) mass is 261 g/mol. The number of Topliss-reactive ketones (excluding diaryl/α,β-unsaturated/α-hetero) is 1. The van der Waals surface area contributed by atoms with E-state index < -0.39 is 17.5 Å². The number of halogens is 4. The van der Waals surface area contributed by atoms with Gasteiger partial charge in [0.05, 0.1) is 17.0 Å². The van der Waals surface area contributed by atoms with Gasteiger partial charge in [0.25, 0.3) is 0 Å². The maximum absolute atomic E-state index is 12.6. The highest BCUT2D eigenvalue weighted by molar-refractivity contribution is 6.30. The maximum atomic E-state index is 12.6. The van der Waals surface area contributed by atoms with Crippen LogP contribution in [0.2, 0.25) is 0 Å². The van der Waals surface area contributed by atoms with Crippen LogP contribution in [-0.2, 0) is 6.18 Å². The van der Waals surface area contributed by atoms with Crippen LogP contribution >= 0.6 is 11.6 Å². The van der Waals surface area contributed by atoms with Crippen LogP contribution in [0.5, 0.6) is 0 Å².